The van der Waals surface area contributed by atoms with Gasteiger partial charge in [0.1, 0.15) is 6.61 Å². The Morgan fingerprint density at radius 2 is 2.06 bits per heavy atom. The quantitative estimate of drug-likeness (QED) is 0.862. The first kappa shape index (κ1) is 12.0. The number of rotatable bonds is 3. The molecule has 0 bridgehead atoms. The number of benzene rings is 1. The highest BCUT2D eigenvalue weighted by Gasteiger charge is 2.08. The van der Waals surface area contributed by atoms with Gasteiger partial charge in [0.2, 0.25) is 5.82 Å². The molecule has 5 heteroatoms. The summed E-state index contributed by atoms with van der Waals surface area (Å²) < 4.78 is 32.1. The zero-order valence-electron chi connectivity index (χ0n) is 8.66. The molecule has 0 N–H and O–H groups in total. The van der Waals surface area contributed by atoms with E-state index in [0.717, 1.165) is 16.1 Å². The van der Waals surface area contributed by atoms with Crippen LogP contribution in [0, 0.1) is 11.6 Å². The van der Waals surface area contributed by atoms with Gasteiger partial charge in [0.05, 0.1) is 0 Å². The SMILES string of the molecule is Fc1cccc(OCc2cncc(Br)c2)c1F. The summed E-state index contributed by atoms with van der Waals surface area (Å²) in [6, 6.07) is 5.61. The molecule has 17 heavy (non-hydrogen) atoms. The Hall–Kier alpha value is -1.49. The van der Waals surface area contributed by atoms with Gasteiger partial charge in [-0.25, -0.2) is 4.39 Å². The molecule has 0 aliphatic heterocycles. The lowest BCUT2D eigenvalue weighted by Gasteiger charge is -2.07. The largest absolute Gasteiger partial charge is 0.486 e. The molecule has 88 valence electrons. The van der Waals surface area contributed by atoms with Crippen LogP contribution in [0.4, 0.5) is 8.78 Å². The summed E-state index contributed by atoms with van der Waals surface area (Å²) >= 11 is 3.26. The van der Waals surface area contributed by atoms with Crippen LogP contribution in [0.3, 0.4) is 0 Å². The van der Waals surface area contributed by atoms with Crippen molar-refractivity contribution in [2.45, 2.75) is 6.61 Å². The van der Waals surface area contributed by atoms with Gasteiger partial charge in [0.25, 0.3) is 0 Å². The molecule has 0 unspecified atom stereocenters. The fourth-order valence-corrected chi connectivity index (χ4v) is 1.70. The minimum absolute atomic E-state index is 0.107. The van der Waals surface area contributed by atoms with Gasteiger partial charge >= 0.3 is 0 Å². The van der Waals surface area contributed by atoms with Gasteiger partial charge in [-0.15, -0.1) is 0 Å². The molecule has 0 fully saturated rings. The van der Waals surface area contributed by atoms with E-state index in [9.17, 15) is 8.78 Å². The van der Waals surface area contributed by atoms with Crippen molar-refractivity contribution >= 4 is 15.9 Å². The average molecular weight is 300 g/mol. The topological polar surface area (TPSA) is 22.1 Å². The molecular formula is C12H8BrF2NO. The summed E-state index contributed by atoms with van der Waals surface area (Å²) in [5, 5.41) is 0. The predicted octanol–water partition coefficient (Wildman–Crippen LogP) is 3.70. The van der Waals surface area contributed by atoms with E-state index in [1.54, 1.807) is 18.5 Å². The van der Waals surface area contributed by atoms with E-state index in [1.165, 1.54) is 12.1 Å². The van der Waals surface area contributed by atoms with E-state index in [1.807, 2.05) is 0 Å². The molecule has 2 aromatic rings. The second-order valence-corrected chi connectivity index (χ2v) is 4.27. The summed E-state index contributed by atoms with van der Waals surface area (Å²) in [5.41, 5.74) is 0.767. The number of halogens is 3. The van der Waals surface area contributed by atoms with E-state index in [4.69, 9.17) is 4.74 Å². The number of hydrogen-bond acceptors (Lipinski definition) is 2. The Balaban J connectivity index is 2.10. The van der Waals surface area contributed by atoms with Crippen molar-refractivity contribution in [3.8, 4) is 5.75 Å². The molecule has 0 saturated carbocycles. The van der Waals surface area contributed by atoms with E-state index in [2.05, 4.69) is 20.9 Å². The summed E-state index contributed by atoms with van der Waals surface area (Å²) in [4.78, 5) is 3.94. The van der Waals surface area contributed by atoms with Crippen LogP contribution >= 0.6 is 15.9 Å². The lowest BCUT2D eigenvalue weighted by molar-refractivity contribution is 0.284. The van der Waals surface area contributed by atoms with Gasteiger partial charge in [-0.1, -0.05) is 6.07 Å². The van der Waals surface area contributed by atoms with Crippen LogP contribution in [0.2, 0.25) is 0 Å². The third-order valence-electron chi connectivity index (χ3n) is 2.07. The zero-order valence-corrected chi connectivity index (χ0v) is 10.2. The number of ether oxygens (including phenoxy) is 1. The first-order valence-electron chi connectivity index (χ1n) is 4.83. The first-order valence-corrected chi connectivity index (χ1v) is 5.62. The van der Waals surface area contributed by atoms with E-state index < -0.39 is 11.6 Å². The van der Waals surface area contributed by atoms with E-state index in [0.29, 0.717) is 0 Å². The Labute approximate surface area is 105 Å². The fourth-order valence-electron chi connectivity index (χ4n) is 1.29. The van der Waals surface area contributed by atoms with Crippen LogP contribution in [0.25, 0.3) is 0 Å². The van der Waals surface area contributed by atoms with E-state index in [-0.39, 0.29) is 12.4 Å². The fraction of sp³-hybridized carbons (Fsp3) is 0.0833. The zero-order chi connectivity index (χ0) is 12.3. The van der Waals surface area contributed by atoms with Gasteiger partial charge in [0, 0.05) is 22.4 Å². The molecule has 0 aliphatic carbocycles. The maximum atomic E-state index is 13.3. The minimum Gasteiger partial charge on any atom is -0.486 e. The number of nitrogens with zero attached hydrogens (tertiary/aromatic N) is 1. The molecule has 0 amide bonds. The van der Waals surface area contributed by atoms with Crippen LogP contribution < -0.4 is 4.74 Å². The molecule has 0 aliphatic rings. The monoisotopic (exact) mass is 299 g/mol. The Morgan fingerprint density at radius 1 is 1.24 bits per heavy atom. The van der Waals surface area contributed by atoms with Crippen LogP contribution in [-0.2, 0) is 6.61 Å². The Kier molecular flexibility index (Phi) is 3.68. The highest BCUT2D eigenvalue weighted by atomic mass is 79.9. The molecule has 1 aromatic carbocycles. The maximum Gasteiger partial charge on any atom is 0.200 e. The molecular weight excluding hydrogens is 292 g/mol. The van der Waals surface area contributed by atoms with Crippen molar-refractivity contribution in [2.24, 2.45) is 0 Å². The van der Waals surface area contributed by atoms with Gasteiger partial charge in [-0.3, -0.25) is 4.98 Å². The van der Waals surface area contributed by atoms with Crippen molar-refractivity contribution in [2.75, 3.05) is 0 Å². The number of hydrogen-bond donors (Lipinski definition) is 0. The lowest BCUT2D eigenvalue weighted by atomic mass is 10.3. The normalized spacial score (nSPS) is 10.3. The standard InChI is InChI=1S/C12H8BrF2NO/c13-9-4-8(5-16-6-9)7-17-11-3-1-2-10(14)12(11)15/h1-6H,7H2. The van der Waals surface area contributed by atoms with Crippen molar-refractivity contribution in [3.05, 3.63) is 58.3 Å². The molecule has 1 aromatic heterocycles. The number of pyridine rings is 1. The van der Waals surface area contributed by atoms with Gasteiger partial charge in [-0.2, -0.15) is 4.39 Å². The first-order chi connectivity index (χ1) is 8.16. The molecule has 0 radical (unpaired) electrons. The second kappa shape index (κ2) is 5.23. The second-order valence-electron chi connectivity index (χ2n) is 3.35. The smallest absolute Gasteiger partial charge is 0.200 e. The van der Waals surface area contributed by atoms with Crippen LogP contribution in [0.1, 0.15) is 5.56 Å². The average Bonchev–Trinajstić information content (AvgIpc) is 2.31. The highest BCUT2D eigenvalue weighted by Crippen LogP contribution is 2.20. The van der Waals surface area contributed by atoms with Gasteiger partial charge in [-0.05, 0) is 34.1 Å². The van der Waals surface area contributed by atoms with Crippen molar-refractivity contribution < 1.29 is 13.5 Å². The Bertz CT molecular complexity index is 534. The third-order valence-corrected chi connectivity index (χ3v) is 2.51. The van der Waals surface area contributed by atoms with Gasteiger partial charge in [0.15, 0.2) is 11.6 Å². The molecule has 0 spiro atoms. The van der Waals surface area contributed by atoms with Crippen molar-refractivity contribution in [3.63, 3.8) is 0 Å². The highest BCUT2D eigenvalue weighted by molar-refractivity contribution is 9.10. The third kappa shape index (κ3) is 3.00. The molecule has 2 rings (SSSR count). The Morgan fingerprint density at radius 3 is 2.82 bits per heavy atom. The molecule has 0 saturated heterocycles. The molecule has 1 heterocycles. The van der Waals surface area contributed by atoms with Gasteiger partial charge < -0.3 is 4.74 Å². The summed E-state index contributed by atoms with van der Waals surface area (Å²) in [7, 11) is 0. The maximum absolute atomic E-state index is 13.3. The van der Waals surface area contributed by atoms with Crippen LogP contribution in [0.5, 0.6) is 5.75 Å². The predicted molar refractivity (Wildman–Crippen MR) is 62.6 cm³/mol. The lowest BCUT2D eigenvalue weighted by Crippen LogP contribution is -1.99. The summed E-state index contributed by atoms with van der Waals surface area (Å²) in [6.45, 7) is 0.132. The minimum atomic E-state index is -0.976. The van der Waals surface area contributed by atoms with Crippen molar-refractivity contribution in [1.82, 2.24) is 4.98 Å². The molecule has 0 atom stereocenters. The van der Waals surface area contributed by atoms with E-state index >= 15 is 0 Å². The van der Waals surface area contributed by atoms with Crippen molar-refractivity contribution in [1.29, 1.82) is 0 Å². The van der Waals surface area contributed by atoms with Crippen LogP contribution in [0.15, 0.2) is 41.1 Å². The number of aromatic nitrogens is 1. The van der Waals surface area contributed by atoms with Crippen LogP contribution in [-0.4, -0.2) is 4.98 Å². The summed E-state index contributed by atoms with van der Waals surface area (Å²) in [5.74, 6) is -2.00. The summed E-state index contributed by atoms with van der Waals surface area (Å²) in [6.07, 6.45) is 3.23. The molecule has 2 nitrogen and oxygen atoms in total.